The maximum atomic E-state index is 14.1. The van der Waals surface area contributed by atoms with Crippen molar-refractivity contribution in [2.24, 2.45) is 22.4 Å². The Kier molecular flexibility index (Phi) is 22.3. The number of amides is 6. The molecule has 1 aromatic carbocycles. The maximum absolute atomic E-state index is 14.1. The lowest BCUT2D eigenvalue weighted by atomic mass is 9.97. The van der Waals surface area contributed by atoms with Crippen molar-refractivity contribution in [3.8, 4) is 0 Å². The molecule has 6 amide bonds. The van der Waals surface area contributed by atoms with E-state index in [2.05, 4.69) is 46.5 Å². The fraction of sp³-hybridized carbons (Fsp3) is 0.609. The summed E-state index contributed by atoms with van der Waals surface area (Å²) in [6, 6.07) is 1.54. The molecule has 1 fully saturated rings. The van der Waals surface area contributed by atoms with E-state index in [1.54, 1.807) is 31.1 Å². The smallest absolute Gasteiger partial charge is 0.261 e. The van der Waals surface area contributed by atoms with E-state index in [-0.39, 0.29) is 61.0 Å². The van der Waals surface area contributed by atoms with Gasteiger partial charge in [0.25, 0.3) is 5.56 Å². The third-order valence-electron chi connectivity index (χ3n) is 12.0. The third-order valence-corrected chi connectivity index (χ3v) is 12.0. The fourth-order valence-electron chi connectivity index (χ4n) is 7.81. The van der Waals surface area contributed by atoms with Gasteiger partial charge in [-0.2, -0.15) is 0 Å². The van der Waals surface area contributed by atoms with Crippen LogP contribution in [0, 0.1) is 5.92 Å². The lowest BCUT2D eigenvalue weighted by Gasteiger charge is -2.38. The summed E-state index contributed by atoms with van der Waals surface area (Å²) in [5.74, 6) is -2.98. The summed E-state index contributed by atoms with van der Waals surface area (Å²) in [6.45, 7) is 9.68. The van der Waals surface area contributed by atoms with Gasteiger partial charge in [0.15, 0.2) is 5.96 Å². The highest BCUT2D eigenvalue weighted by atomic mass is 16.5. The molecule has 0 radical (unpaired) electrons. The van der Waals surface area contributed by atoms with Crippen molar-refractivity contribution < 1.29 is 38.2 Å². The van der Waals surface area contributed by atoms with E-state index in [9.17, 15) is 33.6 Å². The average molecular weight is 965 g/mol. The Morgan fingerprint density at radius 1 is 0.884 bits per heavy atom. The Morgan fingerprint density at radius 2 is 1.61 bits per heavy atom. The molecule has 4 rings (SSSR count). The second-order valence-corrected chi connectivity index (χ2v) is 17.2. The lowest BCUT2D eigenvalue weighted by Crippen LogP contribution is -2.58. The Morgan fingerprint density at radius 3 is 2.26 bits per heavy atom. The van der Waals surface area contributed by atoms with Gasteiger partial charge >= 0.3 is 0 Å². The summed E-state index contributed by atoms with van der Waals surface area (Å²) >= 11 is 0. The van der Waals surface area contributed by atoms with Crippen LogP contribution < -0.4 is 48.5 Å². The highest BCUT2D eigenvalue weighted by molar-refractivity contribution is 5.93. The molecule has 0 saturated carbocycles. The number of rotatable bonds is 28. The lowest BCUT2D eigenvalue weighted by molar-refractivity contribution is -0.138. The van der Waals surface area contributed by atoms with Crippen LogP contribution in [0.5, 0.6) is 0 Å². The Labute approximate surface area is 402 Å². The SMILES string of the molecule is CCCC[C@H](NC(=O)[C@@H](NC(=O)CC(C)OCCOC)[C@@H](C)CC)C(=O)N1CCN(c2ccc3ncn(CC(=O)N[C@@H](CCCN=C(N)N)C(=O)N[C@@H](Cc4cnc[nH]4)C(=O)NC)c(=O)c3c2)CC1. The van der Waals surface area contributed by atoms with Gasteiger partial charge in [0, 0.05) is 70.9 Å². The van der Waals surface area contributed by atoms with Gasteiger partial charge in [-0.3, -0.25) is 43.1 Å². The average Bonchev–Trinajstić information content (AvgIpc) is 3.86. The third kappa shape index (κ3) is 17.1. The predicted molar refractivity (Wildman–Crippen MR) is 260 cm³/mol. The van der Waals surface area contributed by atoms with Crippen LogP contribution >= 0.6 is 0 Å². The Hall–Kier alpha value is -6.62. The number of carbonyl (C=O) groups is 6. The van der Waals surface area contributed by atoms with Crippen LogP contribution in [0.25, 0.3) is 10.9 Å². The minimum absolute atomic E-state index is 0.0677. The van der Waals surface area contributed by atoms with E-state index >= 15 is 0 Å². The number of hydrogen-bond acceptors (Lipinski definition) is 13. The minimum Gasteiger partial charge on any atom is -0.382 e. The van der Waals surface area contributed by atoms with E-state index < -0.39 is 59.9 Å². The molecule has 1 aliphatic rings. The van der Waals surface area contributed by atoms with Gasteiger partial charge in [0.1, 0.15) is 30.7 Å². The molecule has 2 aromatic heterocycles. The molecule has 0 spiro atoms. The zero-order valence-corrected chi connectivity index (χ0v) is 40.8. The Balaban J connectivity index is 1.42. The van der Waals surface area contributed by atoms with Crippen LogP contribution in [0.4, 0.5) is 5.69 Å². The van der Waals surface area contributed by atoms with Gasteiger partial charge in [0.05, 0.1) is 49.3 Å². The summed E-state index contributed by atoms with van der Waals surface area (Å²) in [6.07, 6.45) is 7.08. The summed E-state index contributed by atoms with van der Waals surface area (Å²) in [7, 11) is 3.01. The molecule has 1 unspecified atom stereocenters. The number of unbranched alkanes of at least 4 members (excludes halogenated alkanes) is 1. The van der Waals surface area contributed by atoms with Gasteiger partial charge in [0.2, 0.25) is 35.4 Å². The number of aliphatic imine (C=N–C) groups is 1. The predicted octanol–water partition coefficient (Wildman–Crippen LogP) is -0.572. The Bertz CT molecular complexity index is 2240. The molecule has 10 N–H and O–H groups in total. The van der Waals surface area contributed by atoms with Crippen LogP contribution in [-0.2, 0) is 51.2 Å². The molecule has 3 aromatic rings. The largest absolute Gasteiger partial charge is 0.382 e. The number of nitrogens with zero attached hydrogens (tertiary/aromatic N) is 6. The van der Waals surface area contributed by atoms with Gasteiger partial charge in [-0.05, 0) is 50.3 Å². The van der Waals surface area contributed by atoms with Crippen molar-refractivity contribution in [1.29, 1.82) is 0 Å². The second kappa shape index (κ2) is 28.0. The number of imidazole rings is 1. The molecule has 23 nitrogen and oxygen atoms in total. The van der Waals surface area contributed by atoms with E-state index in [1.807, 2.05) is 31.7 Å². The van der Waals surface area contributed by atoms with Crippen molar-refractivity contribution in [3.05, 3.63) is 53.1 Å². The van der Waals surface area contributed by atoms with Gasteiger partial charge < -0.3 is 62.3 Å². The number of methoxy groups -OCH3 is 1. The monoisotopic (exact) mass is 965 g/mol. The van der Waals surface area contributed by atoms with E-state index in [1.165, 1.54) is 25.9 Å². The molecule has 6 atom stereocenters. The van der Waals surface area contributed by atoms with Gasteiger partial charge in [-0.15, -0.1) is 0 Å². The molecule has 69 heavy (non-hydrogen) atoms. The highest BCUT2D eigenvalue weighted by Gasteiger charge is 2.33. The second-order valence-electron chi connectivity index (χ2n) is 17.2. The summed E-state index contributed by atoms with van der Waals surface area (Å²) in [5, 5.41) is 14.1. The first-order chi connectivity index (χ1) is 33.1. The number of aromatic nitrogens is 4. The van der Waals surface area contributed by atoms with E-state index in [0.717, 1.165) is 16.7 Å². The van der Waals surface area contributed by atoms with Crippen molar-refractivity contribution >= 4 is 58.0 Å². The first-order valence-corrected chi connectivity index (χ1v) is 23.7. The normalized spacial score (nSPS) is 15.2. The van der Waals surface area contributed by atoms with Crippen LogP contribution in [-0.4, -0.2) is 156 Å². The number of piperazine rings is 1. The molecule has 1 saturated heterocycles. The summed E-state index contributed by atoms with van der Waals surface area (Å²) in [5.41, 5.74) is 12.2. The van der Waals surface area contributed by atoms with Crippen molar-refractivity contribution in [2.75, 3.05) is 65.0 Å². The number of H-pyrrole nitrogens is 1. The zero-order chi connectivity index (χ0) is 50.5. The number of benzene rings is 1. The van der Waals surface area contributed by atoms with E-state index in [4.69, 9.17) is 20.9 Å². The number of hydrogen-bond donors (Lipinski definition) is 8. The topological polar surface area (TPSA) is 315 Å². The van der Waals surface area contributed by atoms with Crippen molar-refractivity contribution in [3.63, 3.8) is 0 Å². The number of fused-ring (bicyclic) bond motifs is 1. The summed E-state index contributed by atoms with van der Waals surface area (Å²) < 4.78 is 11.8. The molecule has 3 heterocycles. The number of ether oxygens (including phenoxy) is 2. The number of guanidine groups is 1. The molecule has 23 heteroatoms. The number of carbonyl (C=O) groups excluding carboxylic acids is 6. The molecular formula is C46H72N14O9. The minimum atomic E-state index is -1.11. The fourth-order valence-corrected chi connectivity index (χ4v) is 7.81. The van der Waals surface area contributed by atoms with Gasteiger partial charge in [-0.25, -0.2) is 9.97 Å². The van der Waals surface area contributed by atoms with Crippen molar-refractivity contribution in [2.45, 2.75) is 116 Å². The summed E-state index contributed by atoms with van der Waals surface area (Å²) in [4.78, 5) is 114. The quantitative estimate of drug-likeness (QED) is 0.0257. The number of nitrogens with two attached hydrogens (primary N) is 2. The molecule has 0 aliphatic carbocycles. The van der Waals surface area contributed by atoms with Crippen molar-refractivity contribution in [1.82, 2.24) is 51.0 Å². The number of anilines is 1. The van der Waals surface area contributed by atoms with Gasteiger partial charge in [-0.1, -0.05) is 40.0 Å². The number of likely N-dealkylation sites (N-methyl/N-ethyl adjacent to an activating group) is 1. The van der Waals surface area contributed by atoms with Crippen LogP contribution in [0.1, 0.15) is 78.3 Å². The highest BCUT2D eigenvalue weighted by Crippen LogP contribution is 2.21. The first-order valence-electron chi connectivity index (χ1n) is 23.7. The molecule has 0 bridgehead atoms. The standard InChI is InChI=1S/C46H72N14O9/c1-7-9-11-36(55-43(65)40(29(3)8-2)57-38(61)22-30(4)69-21-20-68-6)45(67)59-18-16-58(17-19-59)32-13-14-34-33(24-32)44(66)60(28-53-34)26-39(62)54-35(12-10-15-51-46(47)48)42(64)56-37(41(63)49-5)23-31-25-50-27-52-31/h13-14,24-25,27-30,35-37,40H,7-12,15-23,26H2,1-6H3,(H,49,63)(H,50,52)(H,54,62)(H,55,65)(H,56,64)(H,57,61)(H4,47,48,51)/t29-,30?,35-,36-,37-,40-/m0/s1. The van der Waals surface area contributed by atoms with Crippen LogP contribution in [0.15, 0.2) is 46.8 Å². The number of nitrogens with one attached hydrogen (secondary N) is 6. The van der Waals surface area contributed by atoms with Crippen LogP contribution in [0.2, 0.25) is 0 Å². The molecule has 380 valence electrons. The molecule has 1 aliphatic heterocycles. The number of aromatic amines is 1. The maximum Gasteiger partial charge on any atom is 0.261 e. The van der Waals surface area contributed by atoms with Crippen LogP contribution in [0.3, 0.4) is 0 Å². The van der Waals surface area contributed by atoms with E-state index in [0.29, 0.717) is 76.3 Å². The molecular weight excluding hydrogens is 893 g/mol. The first kappa shape index (κ1) is 55.0. The zero-order valence-electron chi connectivity index (χ0n) is 40.8.